The number of likely N-dealkylation sites (tertiary alicyclic amines) is 1. The van der Waals surface area contributed by atoms with Crippen molar-refractivity contribution in [2.24, 2.45) is 0 Å². The van der Waals surface area contributed by atoms with Crippen LogP contribution in [0.4, 0.5) is 0 Å². The number of benzene rings is 1. The summed E-state index contributed by atoms with van der Waals surface area (Å²) in [4.78, 5) is 32.4. The molecule has 1 saturated heterocycles. The molecule has 1 amide bonds. The number of hydrogen-bond donors (Lipinski definition) is 4. The van der Waals surface area contributed by atoms with Gasteiger partial charge in [-0.2, -0.15) is 0 Å². The number of nitrogens with zero attached hydrogens (tertiary/aromatic N) is 1. The second-order valence-electron chi connectivity index (χ2n) is 8.53. The molecule has 9 nitrogen and oxygen atoms in total. The predicted molar refractivity (Wildman–Crippen MR) is 131 cm³/mol. The van der Waals surface area contributed by atoms with Crippen molar-refractivity contribution in [3.8, 4) is 11.5 Å². The molecule has 1 fully saturated rings. The number of phenolic OH excluding ortho intramolecular Hbond substituents is 2. The van der Waals surface area contributed by atoms with E-state index in [1.165, 1.54) is 6.08 Å². The minimum absolute atomic E-state index is 0.00706. The summed E-state index contributed by atoms with van der Waals surface area (Å²) in [5, 5.41) is 30.5. The fraction of sp³-hybridized carbons (Fsp3) is 0.440. The molecule has 190 valence electrons. The maximum atomic E-state index is 12.9. The number of fused-ring (bicyclic) bond motifs is 1. The number of allylic oxidation sites excluding steroid dienone is 1. The van der Waals surface area contributed by atoms with Crippen LogP contribution in [0, 0.1) is 0 Å². The number of rotatable bonds is 4. The number of ether oxygens (including phenoxy) is 1. The standard InChI is InChI=1S/C25H31ClN2O7/c1-16-7-5-9-18(29)10-6-8-17(27-34-15-22(32)28-11-3-2-4-12-28)13-19-23(25(33)35-16)20(30)14-21(31)24(19)26/h5-6,8-9,13-14,16,18,27,29-31H,2-4,7,10-12,15H2,1H3/b8-6?,9-5?,17-13-/t16-,18?/m1/s1. The Morgan fingerprint density at radius 2 is 1.94 bits per heavy atom. The first kappa shape index (κ1) is 26.6. The van der Waals surface area contributed by atoms with Crippen molar-refractivity contribution in [1.29, 1.82) is 0 Å². The van der Waals surface area contributed by atoms with Crippen LogP contribution in [-0.2, 0) is 14.4 Å². The van der Waals surface area contributed by atoms with Crippen LogP contribution in [0.25, 0.3) is 6.08 Å². The SMILES string of the molecule is C[C@@H]1CC=CC(O)CC=C/C(NOCC(=O)N2CCCCC2)=C/c2c(Cl)c(O)cc(O)c2C(=O)O1. The molecule has 0 spiro atoms. The summed E-state index contributed by atoms with van der Waals surface area (Å²) in [5.41, 5.74) is 2.72. The van der Waals surface area contributed by atoms with E-state index < -0.39 is 29.7 Å². The van der Waals surface area contributed by atoms with Gasteiger partial charge in [-0.1, -0.05) is 29.8 Å². The highest BCUT2D eigenvalue weighted by atomic mass is 35.5. The Hall–Kier alpha value is -3.01. The van der Waals surface area contributed by atoms with Crippen molar-refractivity contribution in [2.45, 2.75) is 51.2 Å². The van der Waals surface area contributed by atoms with Crippen molar-refractivity contribution >= 4 is 29.6 Å². The molecule has 2 aliphatic heterocycles. The fourth-order valence-electron chi connectivity index (χ4n) is 3.81. The third-order valence-electron chi connectivity index (χ3n) is 5.67. The Balaban J connectivity index is 1.91. The number of aliphatic hydroxyl groups is 1. The molecule has 1 aromatic rings. The van der Waals surface area contributed by atoms with E-state index in [4.69, 9.17) is 21.2 Å². The maximum absolute atomic E-state index is 12.9. The number of hydroxylamine groups is 1. The first-order valence-corrected chi connectivity index (χ1v) is 12.0. The second-order valence-corrected chi connectivity index (χ2v) is 8.91. The molecule has 1 unspecified atom stereocenters. The van der Waals surface area contributed by atoms with Gasteiger partial charge >= 0.3 is 5.97 Å². The van der Waals surface area contributed by atoms with E-state index in [9.17, 15) is 24.9 Å². The summed E-state index contributed by atoms with van der Waals surface area (Å²) < 4.78 is 5.43. The first-order chi connectivity index (χ1) is 16.8. The van der Waals surface area contributed by atoms with Crippen LogP contribution in [0.1, 0.15) is 54.9 Å². The molecule has 4 N–H and O–H groups in total. The molecular weight excluding hydrogens is 476 g/mol. The topological polar surface area (TPSA) is 129 Å². The number of cyclic esters (lactones) is 1. The molecule has 0 aliphatic carbocycles. The van der Waals surface area contributed by atoms with Gasteiger partial charge in [0.15, 0.2) is 6.61 Å². The van der Waals surface area contributed by atoms with Gasteiger partial charge in [0.05, 0.1) is 16.8 Å². The number of aromatic hydroxyl groups is 2. The van der Waals surface area contributed by atoms with E-state index in [1.807, 2.05) is 0 Å². The Kier molecular flexibility index (Phi) is 9.59. The number of carbonyl (C=O) groups excluding carboxylic acids is 2. The highest BCUT2D eigenvalue weighted by Crippen LogP contribution is 2.38. The van der Waals surface area contributed by atoms with Gasteiger partial charge in [0.25, 0.3) is 5.91 Å². The zero-order valence-corrected chi connectivity index (χ0v) is 20.3. The number of halogens is 1. The largest absolute Gasteiger partial charge is 0.507 e. The molecule has 2 heterocycles. The smallest absolute Gasteiger partial charge is 0.342 e. The number of esters is 1. The molecule has 2 atom stereocenters. The van der Waals surface area contributed by atoms with Gasteiger partial charge in [-0.3, -0.25) is 15.1 Å². The van der Waals surface area contributed by atoms with Crippen LogP contribution in [0.2, 0.25) is 5.02 Å². The summed E-state index contributed by atoms with van der Waals surface area (Å²) in [6.07, 6.45) is 10.3. The van der Waals surface area contributed by atoms with Crippen LogP contribution in [0.3, 0.4) is 0 Å². The van der Waals surface area contributed by atoms with Crippen LogP contribution in [0.5, 0.6) is 11.5 Å². The molecule has 1 aromatic carbocycles. The van der Waals surface area contributed by atoms with Crippen LogP contribution < -0.4 is 5.48 Å². The molecule has 10 heteroatoms. The van der Waals surface area contributed by atoms with Crippen molar-refractivity contribution in [3.63, 3.8) is 0 Å². The van der Waals surface area contributed by atoms with Crippen LogP contribution in [-0.4, -0.2) is 64.0 Å². The molecule has 0 aromatic heterocycles. The average Bonchev–Trinajstić information content (AvgIpc) is 2.82. The Bertz CT molecular complexity index is 1020. The summed E-state index contributed by atoms with van der Waals surface area (Å²) in [5.74, 6) is -1.92. The zero-order valence-electron chi connectivity index (χ0n) is 19.6. The zero-order chi connectivity index (χ0) is 25.4. The lowest BCUT2D eigenvalue weighted by molar-refractivity contribution is -0.139. The van der Waals surface area contributed by atoms with E-state index in [0.717, 1.165) is 25.3 Å². The minimum Gasteiger partial charge on any atom is -0.507 e. The van der Waals surface area contributed by atoms with Gasteiger partial charge in [-0.25, -0.2) is 4.79 Å². The minimum atomic E-state index is -0.835. The number of hydrogen-bond acceptors (Lipinski definition) is 8. The lowest BCUT2D eigenvalue weighted by Crippen LogP contribution is -2.39. The number of piperidine rings is 1. The number of nitrogens with one attached hydrogen (secondary N) is 1. The van der Waals surface area contributed by atoms with E-state index in [1.54, 1.807) is 36.1 Å². The molecule has 2 aliphatic rings. The van der Waals surface area contributed by atoms with Gasteiger partial charge in [0.1, 0.15) is 23.2 Å². The highest BCUT2D eigenvalue weighted by molar-refractivity contribution is 6.34. The number of aliphatic hydroxyl groups excluding tert-OH is 1. The molecular formula is C25H31ClN2O7. The molecule has 0 radical (unpaired) electrons. The van der Waals surface area contributed by atoms with Gasteiger partial charge in [0.2, 0.25) is 0 Å². The fourth-order valence-corrected chi connectivity index (χ4v) is 4.02. The van der Waals surface area contributed by atoms with Crippen molar-refractivity contribution in [2.75, 3.05) is 19.7 Å². The van der Waals surface area contributed by atoms with Crippen LogP contribution >= 0.6 is 11.6 Å². The van der Waals surface area contributed by atoms with Gasteiger partial charge in [-0.05, 0) is 44.8 Å². The number of amides is 1. The predicted octanol–water partition coefficient (Wildman–Crippen LogP) is 3.44. The lowest BCUT2D eigenvalue weighted by Gasteiger charge is -2.26. The molecule has 35 heavy (non-hydrogen) atoms. The van der Waals surface area contributed by atoms with Crippen molar-refractivity contribution in [3.05, 3.63) is 52.2 Å². The quantitative estimate of drug-likeness (QED) is 0.278. The third kappa shape index (κ3) is 7.48. The maximum Gasteiger partial charge on any atom is 0.342 e. The summed E-state index contributed by atoms with van der Waals surface area (Å²) >= 11 is 6.29. The normalized spacial score (nSPS) is 23.0. The first-order valence-electron chi connectivity index (χ1n) is 11.6. The van der Waals surface area contributed by atoms with Crippen molar-refractivity contribution < 1.29 is 34.5 Å². The van der Waals surface area contributed by atoms with Gasteiger partial charge in [-0.15, -0.1) is 0 Å². The van der Waals surface area contributed by atoms with E-state index in [-0.39, 0.29) is 40.8 Å². The van der Waals surface area contributed by atoms with E-state index >= 15 is 0 Å². The lowest BCUT2D eigenvalue weighted by atomic mass is 10.0. The molecule has 0 bridgehead atoms. The second kappa shape index (κ2) is 12.6. The van der Waals surface area contributed by atoms with Crippen molar-refractivity contribution in [1.82, 2.24) is 10.4 Å². The highest BCUT2D eigenvalue weighted by Gasteiger charge is 2.24. The Morgan fingerprint density at radius 1 is 1.20 bits per heavy atom. The molecule has 3 rings (SSSR count). The molecule has 0 saturated carbocycles. The van der Waals surface area contributed by atoms with E-state index in [0.29, 0.717) is 19.5 Å². The summed E-state index contributed by atoms with van der Waals surface area (Å²) in [6.45, 7) is 2.84. The van der Waals surface area contributed by atoms with Gasteiger partial charge < -0.3 is 25.0 Å². The Labute approximate surface area is 209 Å². The number of carbonyl (C=O) groups is 2. The van der Waals surface area contributed by atoms with Gasteiger partial charge in [0, 0.05) is 31.1 Å². The van der Waals surface area contributed by atoms with Crippen LogP contribution in [0.15, 0.2) is 36.1 Å². The monoisotopic (exact) mass is 506 g/mol. The number of phenols is 2. The Morgan fingerprint density at radius 3 is 2.69 bits per heavy atom. The third-order valence-corrected chi connectivity index (χ3v) is 6.07. The van der Waals surface area contributed by atoms with E-state index in [2.05, 4.69) is 5.48 Å². The summed E-state index contributed by atoms with van der Waals surface area (Å²) in [6, 6.07) is 0.969. The average molecular weight is 507 g/mol. The summed E-state index contributed by atoms with van der Waals surface area (Å²) in [7, 11) is 0.